The molecule has 3 aromatic rings. The minimum absolute atomic E-state index is 0.0959. The van der Waals surface area contributed by atoms with Gasteiger partial charge in [-0.2, -0.15) is 0 Å². The maximum absolute atomic E-state index is 13.8. The largest absolute Gasteiger partial charge is 0.309 e. The Morgan fingerprint density at radius 3 is 2.81 bits per heavy atom. The van der Waals surface area contributed by atoms with Crippen molar-refractivity contribution in [1.82, 2.24) is 10.3 Å². The van der Waals surface area contributed by atoms with Crippen LogP contribution in [0.1, 0.15) is 17.2 Å². The molecule has 2 aromatic carbocycles. The molecule has 1 aromatic heterocycles. The summed E-state index contributed by atoms with van der Waals surface area (Å²) in [4.78, 5) is 4.38. The highest BCUT2D eigenvalue weighted by Crippen LogP contribution is 2.31. The van der Waals surface area contributed by atoms with E-state index in [4.69, 9.17) is 0 Å². The van der Waals surface area contributed by atoms with Gasteiger partial charge in [0.1, 0.15) is 5.82 Å². The molecule has 0 bridgehead atoms. The molecule has 0 aliphatic heterocycles. The summed E-state index contributed by atoms with van der Waals surface area (Å²) in [7, 11) is 1.87. The number of nitrogens with one attached hydrogen (secondary N) is 1. The van der Waals surface area contributed by atoms with Gasteiger partial charge in [0, 0.05) is 11.6 Å². The molecular weight excluding hydrogens is 331 g/mol. The van der Waals surface area contributed by atoms with Crippen LogP contribution in [0.25, 0.3) is 10.9 Å². The Kier molecular flexibility index (Phi) is 3.99. The van der Waals surface area contributed by atoms with E-state index >= 15 is 0 Å². The summed E-state index contributed by atoms with van der Waals surface area (Å²) in [6.07, 6.45) is 1.78. The van der Waals surface area contributed by atoms with Gasteiger partial charge in [-0.05, 0) is 52.3 Å². The number of pyridine rings is 1. The first-order valence-corrected chi connectivity index (χ1v) is 7.46. The third-order valence-electron chi connectivity index (χ3n) is 3.54. The molecule has 1 heterocycles. The van der Waals surface area contributed by atoms with Gasteiger partial charge in [0.25, 0.3) is 0 Å². The van der Waals surface area contributed by atoms with E-state index in [2.05, 4.69) is 26.2 Å². The SMILES string of the molecule is CNC(c1ccc2cccnc2c1)c1cccc(F)c1Br. The zero-order valence-electron chi connectivity index (χ0n) is 11.5. The summed E-state index contributed by atoms with van der Waals surface area (Å²) >= 11 is 3.34. The molecule has 0 spiro atoms. The van der Waals surface area contributed by atoms with Gasteiger partial charge in [-0.3, -0.25) is 4.98 Å². The third kappa shape index (κ3) is 2.69. The minimum Gasteiger partial charge on any atom is -0.309 e. The van der Waals surface area contributed by atoms with Gasteiger partial charge in [0.2, 0.25) is 0 Å². The van der Waals surface area contributed by atoms with E-state index in [1.54, 1.807) is 12.3 Å². The average molecular weight is 345 g/mol. The quantitative estimate of drug-likeness (QED) is 0.759. The Hall–Kier alpha value is -1.78. The molecule has 0 saturated heterocycles. The molecule has 4 heteroatoms. The predicted octanol–water partition coefficient (Wildman–Crippen LogP) is 4.45. The molecule has 21 heavy (non-hydrogen) atoms. The Labute approximate surface area is 131 Å². The number of hydrogen-bond acceptors (Lipinski definition) is 2. The lowest BCUT2D eigenvalue weighted by atomic mass is 9.97. The highest BCUT2D eigenvalue weighted by Gasteiger charge is 2.17. The van der Waals surface area contributed by atoms with Crippen LogP contribution in [0.4, 0.5) is 4.39 Å². The van der Waals surface area contributed by atoms with Crippen LogP contribution in [0.15, 0.2) is 59.2 Å². The second-order valence-corrected chi connectivity index (χ2v) is 5.61. The summed E-state index contributed by atoms with van der Waals surface area (Å²) in [5.74, 6) is -0.258. The molecular formula is C17H14BrFN2. The fourth-order valence-corrected chi connectivity index (χ4v) is 3.00. The molecule has 1 atom stereocenters. The Morgan fingerprint density at radius 2 is 2.00 bits per heavy atom. The molecule has 0 radical (unpaired) electrons. The van der Waals surface area contributed by atoms with Crippen LogP contribution in [0.5, 0.6) is 0 Å². The molecule has 0 fully saturated rings. The zero-order chi connectivity index (χ0) is 14.8. The van der Waals surface area contributed by atoms with Crippen LogP contribution in [-0.4, -0.2) is 12.0 Å². The van der Waals surface area contributed by atoms with E-state index in [0.717, 1.165) is 22.0 Å². The number of benzene rings is 2. The molecule has 0 amide bonds. The molecule has 2 nitrogen and oxygen atoms in total. The van der Waals surface area contributed by atoms with Crippen molar-refractivity contribution in [3.05, 3.63) is 76.1 Å². The van der Waals surface area contributed by atoms with Crippen molar-refractivity contribution in [3.63, 3.8) is 0 Å². The predicted molar refractivity (Wildman–Crippen MR) is 86.7 cm³/mol. The lowest BCUT2D eigenvalue weighted by Gasteiger charge is -2.19. The van der Waals surface area contributed by atoms with E-state index in [1.807, 2.05) is 43.4 Å². The lowest BCUT2D eigenvalue weighted by Crippen LogP contribution is -2.18. The van der Waals surface area contributed by atoms with E-state index < -0.39 is 0 Å². The van der Waals surface area contributed by atoms with Crippen molar-refractivity contribution in [2.45, 2.75) is 6.04 Å². The number of rotatable bonds is 3. The Balaban J connectivity index is 2.11. The van der Waals surface area contributed by atoms with Crippen LogP contribution < -0.4 is 5.32 Å². The molecule has 0 aliphatic rings. The van der Waals surface area contributed by atoms with Crippen molar-refractivity contribution in [1.29, 1.82) is 0 Å². The normalized spacial score (nSPS) is 12.5. The summed E-state index contributed by atoms with van der Waals surface area (Å²) in [5.41, 5.74) is 2.85. The van der Waals surface area contributed by atoms with Crippen molar-refractivity contribution in [2.24, 2.45) is 0 Å². The fourth-order valence-electron chi connectivity index (χ4n) is 2.51. The van der Waals surface area contributed by atoms with Crippen molar-refractivity contribution >= 4 is 26.8 Å². The molecule has 1 unspecified atom stereocenters. The van der Waals surface area contributed by atoms with Crippen LogP contribution in [0.3, 0.4) is 0 Å². The average Bonchev–Trinajstić information content (AvgIpc) is 2.52. The number of halogens is 2. The number of aromatic nitrogens is 1. The van der Waals surface area contributed by atoms with Gasteiger partial charge in [-0.1, -0.05) is 30.3 Å². The van der Waals surface area contributed by atoms with Crippen LogP contribution >= 0.6 is 15.9 Å². The van der Waals surface area contributed by atoms with Crippen molar-refractivity contribution in [2.75, 3.05) is 7.05 Å². The van der Waals surface area contributed by atoms with Crippen molar-refractivity contribution < 1.29 is 4.39 Å². The minimum atomic E-state index is -0.258. The second kappa shape index (κ2) is 5.92. The molecule has 0 aliphatic carbocycles. The molecule has 1 N–H and O–H groups in total. The van der Waals surface area contributed by atoms with E-state index in [9.17, 15) is 4.39 Å². The smallest absolute Gasteiger partial charge is 0.137 e. The van der Waals surface area contributed by atoms with Gasteiger partial charge >= 0.3 is 0 Å². The zero-order valence-corrected chi connectivity index (χ0v) is 13.1. The Morgan fingerprint density at radius 1 is 1.14 bits per heavy atom. The van der Waals surface area contributed by atoms with Crippen molar-refractivity contribution in [3.8, 4) is 0 Å². The first-order chi connectivity index (χ1) is 10.2. The highest BCUT2D eigenvalue weighted by molar-refractivity contribution is 9.10. The first-order valence-electron chi connectivity index (χ1n) is 6.66. The summed E-state index contributed by atoms with van der Waals surface area (Å²) < 4.78 is 14.2. The van der Waals surface area contributed by atoms with E-state index in [-0.39, 0.29) is 11.9 Å². The maximum Gasteiger partial charge on any atom is 0.137 e. The van der Waals surface area contributed by atoms with Crippen LogP contribution in [-0.2, 0) is 0 Å². The van der Waals surface area contributed by atoms with Crippen LogP contribution in [0.2, 0.25) is 0 Å². The molecule has 0 saturated carbocycles. The fraction of sp³-hybridized carbons (Fsp3) is 0.118. The maximum atomic E-state index is 13.8. The summed E-state index contributed by atoms with van der Waals surface area (Å²) in [6, 6.07) is 15.0. The highest BCUT2D eigenvalue weighted by atomic mass is 79.9. The van der Waals surface area contributed by atoms with Gasteiger partial charge in [0.05, 0.1) is 16.0 Å². The number of hydrogen-bond donors (Lipinski definition) is 1. The Bertz CT molecular complexity index is 789. The van der Waals surface area contributed by atoms with Gasteiger partial charge in [-0.25, -0.2) is 4.39 Å². The van der Waals surface area contributed by atoms with Crippen LogP contribution in [0, 0.1) is 5.82 Å². The van der Waals surface area contributed by atoms with E-state index in [0.29, 0.717) is 4.47 Å². The van der Waals surface area contributed by atoms with E-state index in [1.165, 1.54) is 6.07 Å². The lowest BCUT2D eigenvalue weighted by molar-refractivity contribution is 0.608. The first kappa shape index (κ1) is 14.2. The monoisotopic (exact) mass is 344 g/mol. The third-order valence-corrected chi connectivity index (χ3v) is 4.38. The molecule has 106 valence electrons. The second-order valence-electron chi connectivity index (χ2n) is 4.82. The summed E-state index contributed by atoms with van der Waals surface area (Å²) in [5, 5.41) is 4.33. The summed E-state index contributed by atoms with van der Waals surface area (Å²) in [6.45, 7) is 0. The van der Waals surface area contributed by atoms with Gasteiger partial charge < -0.3 is 5.32 Å². The number of fused-ring (bicyclic) bond motifs is 1. The molecule has 3 rings (SSSR count). The van der Waals surface area contributed by atoms with Gasteiger partial charge in [0.15, 0.2) is 0 Å². The standard InChI is InChI=1S/C17H14BrFN2/c1-20-17(13-5-2-6-14(19)16(13)18)12-8-7-11-4-3-9-21-15(11)10-12/h2-10,17,20H,1H3. The number of nitrogens with zero attached hydrogens (tertiary/aromatic N) is 1. The van der Waals surface area contributed by atoms with Gasteiger partial charge in [-0.15, -0.1) is 0 Å². The topological polar surface area (TPSA) is 24.9 Å².